The van der Waals surface area contributed by atoms with E-state index >= 15 is 0 Å². The van der Waals surface area contributed by atoms with Gasteiger partial charge in [0.15, 0.2) is 0 Å². The molecule has 0 radical (unpaired) electrons. The van der Waals surface area contributed by atoms with E-state index in [0.717, 1.165) is 28.1 Å². The number of rotatable bonds is 4. The summed E-state index contributed by atoms with van der Waals surface area (Å²) in [6, 6.07) is 4.02. The molecule has 1 saturated heterocycles. The molecule has 1 aliphatic rings. The SMILES string of the molecule is CCOC(=O)/C(N)=C1\CN(c2ccc(Br)cn2)CCC1=NC(C)C. The Balaban J connectivity index is 2.34. The maximum absolute atomic E-state index is 12.1. The van der Waals surface area contributed by atoms with Crippen LogP contribution in [-0.4, -0.2) is 42.4 Å². The van der Waals surface area contributed by atoms with E-state index < -0.39 is 5.97 Å². The molecular weight excluding hydrogens is 372 g/mol. The van der Waals surface area contributed by atoms with Crippen molar-refractivity contribution in [3.8, 4) is 0 Å². The summed E-state index contributed by atoms with van der Waals surface area (Å²) in [5, 5.41) is 0. The summed E-state index contributed by atoms with van der Waals surface area (Å²) >= 11 is 3.39. The van der Waals surface area contributed by atoms with Crippen molar-refractivity contribution in [1.82, 2.24) is 4.98 Å². The van der Waals surface area contributed by atoms with Crippen LogP contribution in [0, 0.1) is 0 Å². The third-order valence-corrected chi connectivity index (χ3v) is 4.06. The van der Waals surface area contributed by atoms with E-state index in [9.17, 15) is 4.79 Å². The van der Waals surface area contributed by atoms with Gasteiger partial charge < -0.3 is 15.4 Å². The molecule has 0 spiro atoms. The number of pyridine rings is 1. The predicted molar refractivity (Wildman–Crippen MR) is 99.2 cm³/mol. The number of hydrogen-bond acceptors (Lipinski definition) is 6. The van der Waals surface area contributed by atoms with Gasteiger partial charge in [0.2, 0.25) is 0 Å². The van der Waals surface area contributed by atoms with E-state index in [4.69, 9.17) is 10.5 Å². The molecule has 2 heterocycles. The van der Waals surface area contributed by atoms with Crippen molar-refractivity contribution in [2.24, 2.45) is 10.7 Å². The summed E-state index contributed by atoms with van der Waals surface area (Å²) in [4.78, 5) is 23.2. The van der Waals surface area contributed by atoms with Crippen LogP contribution in [0.5, 0.6) is 0 Å². The largest absolute Gasteiger partial charge is 0.461 e. The number of esters is 1. The fourth-order valence-corrected chi connectivity index (χ4v) is 2.76. The number of ether oxygens (including phenoxy) is 1. The lowest BCUT2D eigenvalue weighted by Crippen LogP contribution is -2.39. The zero-order valence-electron chi connectivity index (χ0n) is 14.3. The van der Waals surface area contributed by atoms with Crippen molar-refractivity contribution in [3.63, 3.8) is 0 Å². The molecule has 6 nitrogen and oxygen atoms in total. The number of carbonyl (C=O) groups is 1. The van der Waals surface area contributed by atoms with Gasteiger partial charge in [-0.25, -0.2) is 9.78 Å². The van der Waals surface area contributed by atoms with Gasteiger partial charge in [0.05, 0.1) is 6.61 Å². The summed E-state index contributed by atoms with van der Waals surface area (Å²) in [6.45, 7) is 7.34. The van der Waals surface area contributed by atoms with Crippen LogP contribution in [0.25, 0.3) is 0 Å². The molecule has 2 N–H and O–H groups in total. The quantitative estimate of drug-likeness (QED) is 0.626. The summed E-state index contributed by atoms with van der Waals surface area (Å²) in [7, 11) is 0. The van der Waals surface area contributed by atoms with E-state index in [-0.39, 0.29) is 11.7 Å². The highest BCUT2D eigenvalue weighted by Crippen LogP contribution is 2.23. The fraction of sp³-hybridized carbons (Fsp3) is 0.471. The van der Waals surface area contributed by atoms with Gasteiger partial charge in [0, 0.05) is 47.5 Å². The molecular formula is C17H23BrN4O2. The van der Waals surface area contributed by atoms with Crippen LogP contribution < -0.4 is 10.6 Å². The summed E-state index contributed by atoms with van der Waals surface area (Å²) in [5.41, 5.74) is 7.83. The maximum atomic E-state index is 12.1. The Morgan fingerprint density at radius 1 is 1.50 bits per heavy atom. The molecule has 0 saturated carbocycles. The van der Waals surface area contributed by atoms with Crippen LogP contribution >= 0.6 is 15.9 Å². The van der Waals surface area contributed by atoms with Crippen molar-refractivity contribution in [2.75, 3.05) is 24.6 Å². The molecule has 0 aromatic carbocycles. The average Bonchev–Trinajstić information content (AvgIpc) is 2.55. The second kappa shape index (κ2) is 8.28. The van der Waals surface area contributed by atoms with Crippen molar-refractivity contribution >= 4 is 33.4 Å². The molecule has 0 amide bonds. The van der Waals surface area contributed by atoms with Crippen LogP contribution in [0.15, 0.2) is 39.1 Å². The average molecular weight is 395 g/mol. The highest BCUT2D eigenvalue weighted by molar-refractivity contribution is 9.10. The molecule has 2 rings (SSSR count). The Bertz CT molecular complexity index is 653. The molecule has 1 fully saturated rings. The van der Waals surface area contributed by atoms with Crippen LogP contribution in [0.3, 0.4) is 0 Å². The topological polar surface area (TPSA) is 80.8 Å². The fourth-order valence-electron chi connectivity index (χ4n) is 2.53. The Morgan fingerprint density at radius 2 is 2.25 bits per heavy atom. The van der Waals surface area contributed by atoms with Gasteiger partial charge in [0.25, 0.3) is 0 Å². The van der Waals surface area contributed by atoms with Crippen molar-refractivity contribution in [1.29, 1.82) is 0 Å². The highest BCUT2D eigenvalue weighted by Gasteiger charge is 2.26. The molecule has 1 aliphatic heterocycles. The smallest absolute Gasteiger partial charge is 0.354 e. The number of aromatic nitrogens is 1. The third kappa shape index (κ3) is 4.56. The van der Waals surface area contributed by atoms with Crippen LogP contribution in [0.1, 0.15) is 27.2 Å². The van der Waals surface area contributed by atoms with Gasteiger partial charge in [-0.3, -0.25) is 4.99 Å². The van der Waals surface area contributed by atoms with Crippen molar-refractivity contribution in [3.05, 3.63) is 34.1 Å². The zero-order valence-corrected chi connectivity index (χ0v) is 15.8. The number of nitrogens with zero attached hydrogens (tertiary/aromatic N) is 3. The number of nitrogens with two attached hydrogens (primary N) is 1. The van der Waals surface area contributed by atoms with Crippen molar-refractivity contribution < 1.29 is 9.53 Å². The summed E-state index contributed by atoms with van der Waals surface area (Å²) in [5.74, 6) is 0.352. The molecule has 0 unspecified atom stereocenters. The molecule has 1 aromatic rings. The van der Waals surface area contributed by atoms with Gasteiger partial charge >= 0.3 is 5.97 Å². The van der Waals surface area contributed by atoms with Gasteiger partial charge in [-0.1, -0.05) is 0 Å². The van der Waals surface area contributed by atoms with E-state index in [1.54, 1.807) is 13.1 Å². The standard InChI is InChI=1S/C17H23BrN4O2/c1-4-24-17(23)16(19)13-10-22(8-7-14(13)21-11(2)3)15-6-5-12(18)9-20-15/h5-6,9,11H,4,7-8,10,19H2,1-3H3/b16-13-,21-14?. The lowest BCUT2D eigenvalue weighted by atomic mass is 9.99. The minimum absolute atomic E-state index is 0.137. The predicted octanol–water partition coefficient (Wildman–Crippen LogP) is 2.68. The normalized spacial score (nSPS) is 18.9. The van der Waals surface area contributed by atoms with Gasteiger partial charge in [-0.15, -0.1) is 0 Å². The van der Waals surface area contributed by atoms with Crippen LogP contribution in [0.2, 0.25) is 0 Å². The Hall–Kier alpha value is -1.89. The number of anilines is 1. The first-order valence-electron chi connectivity index (χ1n) is 8.01. The lowest BCUT2D eigenvalue weighted by Gasteiger charge is -2.31. The Kier molecular flexibility index (Phi) is 6.36. The summed E-state index contributed by atoms with van der Waals surface area (Å²) in [6.07, 6.45) is 2.47. The van der Waals surface area contributed by atoms with E-state index in [0.29, 0.717) is 19.6 Å². The van der Waals surface area contributed by atoms with Gasteiger partial charge in [0.1, 0.15) is 11.5 Å². The first kappa shape index (κ1) is 18.4. The van der Waals surface area contributed by atoms with E-state index in [2.05, 4.69) is 30.8 Å². The van der Waals surface area contributed by atoms with E-state index in [1.807, 2.05) is 26.0 Å². The number of halogens is 1. The molecule has 0 aliphatic carbocycles. The highest BCUT2D eigenvalue weighted by atomic mass is 79.9. The minimum atomic E-state index is -0.491. The minimum Gasteiger partial charge on any atom is -0.461 e. The Labute approximate surface area is 150 Å². The Morgan fingerprint density at radius 3 is 2.83 bits per heavy atom. The maximum Gasteiger partial charge on any atom is 0.354 e. The van der Waals surface area contributed by atoms with Gasteiger partial charge in [-0.2, -0.15) is 0 Å². The molecule has 0 atom stereocenters. The first-order chi connectivity index (χ1) is 11.4. The molecule has 0 bridgehead atoms. The first-order valence-corrected chi connectivity index (χ1v) is 8.81. The number of carbonyl (C=O) groups excluding carboxylic acids is 1. The molecule has 24 heavy (non-hydrogen) atoms. The van der Waals surface area contributed by atoms with Gasteiger partial charge in [-0.05, 0) is 48.8 Å². The number of aliphatic imine (C=N–C) groups is 1. The molecule has 1 aromatic heterocycles. The van der Waals surface area contributed by atoms with E-state index in [1.165, 1.54) is 0 Å². The third-order valence-electron chi connectivity index (χ3n) is 3.59. The van der Waals surface area contributed by atoms with Crippen molar-refractivity contribution in [2.45, 2.75) is 33.2 Å². The monoisotopic (exact) mass is 394 g/mol. The molecule has 130 valence electrons. The summed E-state index contributed by atoms with van der Waals surface area (Å²) < 4.78 is 5.97. The number of piperidine rings is 1. The molecule has 7 heteroatoms. The number of hydrogen-bond donors (Lipinski definition) is 1. The van der Waals surface area contributed by atoms with Crippen LogP contribution in [0.4, 0.5) is 5.82 Å². The van der Waals surface area contributed by atoms with Crippen LogP contribution in [-0.2, 0) is 9.53 Å². The zero-order chi connectivity index (χ0) is 17.7. The second-order valence-electron chi connectivity index (χ2n) is 5.79. The second-order valence-corrected chi connectivity index (χ2v) is 6.70. The lowest BCUT2D eigenvalue weighted by molar-refractivity contribution is -0.138.